The van der Waals surface area contributed by atoms with Crippen LogP contribution in [0, 0.1) is 0 Å². The van der Waals surface area contributed by atoms with Crippen LogP contribution in [-0.4, -0.2) is 36.1 Å². The largest absolute Gasteiger partial charge is 0.397 e. The molecule has 0 saturated carbocycles. The maximum atomic E-state index is 5.64. The Hall–Kier alpha value is -1.29. The second-order valence-corrected chi connectivity index (χ2v) is 4.57. The van der Waals surface area contributed by atoms with Crippen molar-refractivity contribution in [1.82, 2.24) is 9.88 Å². The van der Waals surface area contributed by atoms with Crippen LogP contribution in [0.15, 0.2) is 18.5 Å². The second-order valence-electron chi connectivity index (χ2n) is 4.57. The molecule has 0 aromatic carbocycles. The van der Waals surface area contributed by atoms with Crippen LogP contribution in [0.5, 0.6) is 0 Å². The number of nitrogens with two attached hydrogens (primary N) is 1. The summed E-state index contributed by atoms with van der Waals surface area (Å²) in [5.74, 6) is 0. The first-order chi connectivity index (χ1) is 6.92. The average Bonchev–Trinajstić information content (AvgIpc) is 2.15. The molecule has 0 aliphatic heterocycles. The smallest absolute Gasteiger partial charge is 0.0548 e. The van der Waals surface area contributed by atoms with Gasteiger partial charge in [0, 0.05) is 18.3 Å². The van der Waals surface area contributed by atoms with Gasteiger partial charge >= 0.3 is 0 Å². The molecule has 0 atom stereocenters. The molecule has 0 unspecified atom stereocenters. The van der Waals surface area contributed by atoms with Crippen LogP contribution in [0.1, 0.15) is 13.8 Å². The molecule has 1 heterocycles. The lowest BCUT2D eigenvalue weighted by molar-refractivity contribution is 0.210. The number of nitrogen functional groups attached to an aromatic ring is 1. The number of likely N-dealkylation sites (N-methyl/N-ethyl adjacent to an activating group) is 1. The van der Waals surface area contributed by atoms with Crippen molar-refractivity contribution < 1.29 is 0 Å². The fourth-order valence-corrected chi connectivity index (χ4v) is 1.03. The van der Waals surface area contributed by atoms with E-state index in [-0.39, 0.29) is 5.54 Å². The van der Waals surface area contributed by atoms with Crippen LogP contribution >= 0.6 is 0 Å². The molecule has 1 aromatic heterocycles. The third-order valence-corrected chi connectivity index (χ3v) is 2.70. The van der Waals surface area contributed by atoms with Crippen molar-refractivity contribution in [2.24, 2.45) is 0 Å². The molecule has 0 aliphatic rings. The topological polar surface area (TPSA) is 54.2 Å². The molecule has 0 amide bonds. The SMILES string of the molecule is CN(C)C(C)(C)CNc1cncc(N)c1. The van der Waals surface area contributed by atoms with Gasteiger partial charge in [-0.2, -0.15) is 0 Å². The van der Waals surface area contributed by atoms with Gasteiger partial charge in [0.2, 0.25) is 0 Å². The number of nitrogens with zero attached hydrogens (tertiary/aromatic N) is 2. The number of hydrogen-bond acceptors (Lipinski definition) is 4. The van der Waals surface area contributed by atoms with Crippen molar-refractivity contribution in [3.8, 4) is 0 Å². The summed E-state index contributed by atoms with van der Waals surface area (Å²) in [4.78, 5) is 6.21. The molecule has 3 N–H and O–H groups in total. The van der Waals surface area contributed by atoms with Gasteiger partial charge in [0.1, 0.15) is 0 Å². The Balaban J connectivity index is 2.57. The Morgan fingerprint density at radius 1 is 1.40 bits per heavy atom. The van der Waals surface area contributed by atoms with Gasteiger partial charge in [-0.15, -0.1) is 0 Å². The predicted molar refractivity (Wildman–Crippen MR) is 64.9 cm³/mol. The number of anilines is 2. The van der Waals surface area contributed by atoms with Crippen molar-refractivity contribution in [1.29, 1.82) is 0 Å². The highest BCUT2D eigenvalue weighted by Gasteiger charge is 2.19. The minimum absolute atomic E-state index is 0.102. The zero-order valence-corrected chi connectivity index (χ0v) is 9.91. The molecular formula is C11H20N4. The predicted octanol–water partition coefficient (Wildman–Crippen LogP) is 1.42. The van der Waals surface area contributed by atoms with Crippen LogP contribution in [0.4, 0.5) is 11.4 Å². The summed E-state index contributed by atoms with van der Waals surface area (Å²) in [6.45, 7) is 5.21. The third kappa shape index (κ3) is 3.40. The van der Waals surface area contributed by atoms with Gasteiger partial charge in [-0.1, -0.05) is 0 Å². The van der Waals surface area contributed by atoms with E-state index < -0.39 is 0 Å². The van der Waals surface area contributed by atoms with Crippen molar-refractivity contribution >= 4 is 11.4 Å². The van der Waals surface area contributed by atoms with E-state index in [0.29, 0.717) is 5.69 Å². The molecule has 4 nitrogen and oxygen atoms in total. The summed E-state index contributed by atoms with van der Waals surface area (Å²) in [5, 5.41) is 3.32. The van der Waals surface area contributed by atoms with Crippen molar-refractivity contribution in [2.75, 3.05) is 31.7 Å². The number of pyridine rings is 1. The summed E-state index contributed by atoms with van der Waals surface area (Å²) in [5.41, 5.74) is 7.39. The lowest BCUT2D eigenvalue weighted by atomic mass is 10.0. The summed E-state index contributed by atoms with van der Waals surface area (Å²) >= 11 is 0. The minimum Gasteiger partial charge on any atom is -0.397 e. The highest BCUT2D eigenvalue weighted by Crippen LogP contribution is 2.14. The van der Waals surface area contributed by atoms with E-state index in [1.807, 2.05) is 6.07 Å². The zero-order chi connectivity index (χ0) is 11.5. The lowest BCUT2D eigenvalue weighted by Gasteiger charge is -2.33. The molecule has 4 heteroatoms. The van der Waals surface area contributed by atoms with Gasteiger partial charge in [0.25, 0.3) is 0 Å². The number of rotatable bonds is 4. The standard InChI is InChI=1S/C11H20N4/c1-11(2,15(3)4)8-14-10-5-9(12)6-13-7-10/h5-7,14H,8,12H2,1-4H3. The average molecular weight is 208 g/mol. The molecule has 0 spiro atoms. The van der Waals surface area contributed by atoms with Crippen molar-refractivity contribution in [3.05, 3.63) is 18.5 Å². The third-order valence-electron chi connectivity index (χ3n) is 2.70. The van der Waals surface area contributed by atoms with Crippen LogP contribution in [-0.2, 0) is 0 Å². The minimum atomic E-state index is 0.102. The molecule has 84 valence electrons. The van der Waals surface area contributed by atoms with Crippen LogP contribution in [0.3, 0.4) is 0 Å². The lowest BCUT2D eigenvalue weighted by Crippen LogP contribution is -2.44. The van der Waals surface area contributed by atoms with E-state index in [9.17, 15) is 0 Å². The maximum absolute atomic E-state index is 5.64. The molecule has 0 fully saturated rings. The van der Waals surface area contributed by atoms with Crippen molar-refractivity contribution in [2.45, 2.75) is 19.4 Å². The fourth-order valence-electron chi connectivity index (χ4n) is 1.03. The van der Waals surface area contributed by atoms with Gasteiger partial charge < -0.3 is 16.0 Å². The summed E-state index contributed by atoms with van der Waals surface area (Å²) in [6.07, 6.45) is 3.42. The van der Waals surface area contributed by atoms with Gasteiger partial charge in [-0.3, -0.25) is 4.98 Å². The van der Waals surface area contributed by atoms with Gasteiger partial charge in [0.15, 0.2) is 0 Å². The first-order valence-corrected chi connectivity index (χ1v) is 5.03. The first-order valence-electron chi connectivity index (χ1n) is 5.03. The highest BCUT2D eigenvalue weighted by molar-refractivity contribution is 5.51. The van der Waals surface area contributed by atoms with Crippen LogP contribution in [0.2, 0.25) is 0 Å². The normalized spacial score (nSPS) is 11.8. The maximum Gasteiger partial charge on any atom is 0.0548 e. The number of aromatic nitrogens is 1. The molecule has 0 saturated heterocycles. The van der Waals surface area contributed by atoms with Gasteiger partial charge in [0.05, 0.1) is 17.6 Å². The first kappa shape index (κ1) is 11.8. The molecular weight excluding hydrogens is 188 g/mol. The van der Waals surface area contributed by atoms with E-state index in [2.05, 4.69) is 43.1 Å². The van der Waals surface area contributed by atoms with E-state index in [1.165, 1.54) is 0 Å². The highest BCUT2D eigenvalue weighted by atomic mass is 15.2. The van der Waals surface area contributed by atoms with Crippen molar-refractivity contribution in [3.63, 3.8) is 0 Å². The van der Waals surface area contributed by atoms with Gasteiger partial charge in [-0.25, -0.2) is 0 Å². The van der Waals surface area contributed by atoms with Crippen LogP contribution < -0.4 is 11.1 Å². The summed E-state index contributed by atoms with van der Waals surface area (Å²) < 4.78 is 0. The Kier molecular flexibility index (Phi) is 3.52. The van der Waals surface area contributed by atoms with E-state index in [1.54, 1.807) is 12.4 Å². The Labute approximate surface area is 91.5 Å². The zero-order valence-electron chi connectivity index (χ0n) is 9.91. The molecule has 15 heavy (non-hydrogen) atoms. The summed E-state index contributed by atoms with van der Waals surface area (Å²) in [6, 6.07) is 1.89. The molecule has 1 aromatic rings. The van der Waals surface area contributed by atoms with Crippen LogP contribution in [0.25, 0.3) is 0 Å². The number of hydrogen-bond donors (Lipinski definition) is 2. The monoisotopic (exact) mass is 208 g/mol. The second kappa shape index (κ2) is 4.49. The quantitative estimate of drug-likeness (QED) is 0.785. The van der Waals surface area contributed by atoms with E-state index in [4.69, 9.17) is 5.73 Å². The Bertz CT molecular complexity index is 320. The Morgan fingerprint density at radius 3 is 2.60 bits per heavy atom. The number of nitrogens with one attached hydrogen (secondary N) is 1. The van der Waals surface area contributed by atoms with E-state index >= 15 is 0 Å². The molecule has 1 rings (SSSR count). The Morgan fingerprint density at radius 2 is 2.07 bits per heavy atom. The fraction of sp³-hybridized carbons (Fsp3) is 0.545. The van der Waals surface area contributed by atoms with Gasteiger partial charge in [-0.05, 0) is 34.0 Å². The molecule has 0 bridgehead atoms. The molecule has 0 aliphatic carbocycles. The molecule has 0 radical (unpaired) electrons. The summed E-state index contributed by atoms with van der Waals surface area (Å²) in [7, 11) is 4.14. The van der Waals surface area contributed by atoms with E-state index in [0.717, 1.165) is 12.2 Å².